The second-order valence-electron chi connectivity index (χ2n) is 8.25. The molecule has 0 radical (unpaired) electrons. The van der Waals surface area contributed by atoms with Crippen LogP contribution in [0.4, 0.5) is 0 Å². The highest BCUT2D eigenvalue weighted by Crippen LogP contribution is 2.35. The van der Waals surface area contributed by atoms with E-state index in [1.165, 1.54) is 6.20 Å². The van der Waals surface area contributed by atoms with Gasteiger partial charge in [-0.25, -0.2) is 0 Å². The van der Waals surface area contributed by atoms with Crippen LogP contribution in [0.1, 0.15) is 44.0 Å². The summed E-state index contributed by atoms with van der Waals surface area (Å²) < 4.78 is 12.6. The molecule has 1 aromatic heterocycles. The Morgan fingerprint density at radius 2 is 1.94 bits per heavy atom. The van der Waals surface area contributed by atoms with Crippen molar-refractivity contribution in [1.82, 2.24) is 20.1 Å². The molecule has 32 heavy (non-hydrogen) atoms. The third-order valence-electron chi connectivity index (χ3n) is 6.32. The number of hydrogen-bond acceptors (Lipinski definition) is 6. The quantitative estimate of drug-likeness (QED) is 0.673. The van der Waals surface area contributed by atoms with Crippen molar-refractivity contribution < 1.29 is 19.1 Å². The molecule has 2 N–H and O–H groups in total. The zero-order valence-electron chi connectivity index (χ0n) is 18.8. The highest BCUT2D eigenvalue weighted by molar-refractivity contribution is 6.00. The molecule has 1 saturated heterocycles. The van der Waals surface area contributed by atoms with Gasteiger partial charge >= 0.3 is 0 Å². The molecular formula is C23H30N4O5. The molecular weight excluding hydrogens is 412 g/mol. The molecule has 0 spiro atoms. The van der Waals surface area contributed by atoms with E-state index in [2.05, 4.69) is 22.5 Å². The number of aryl methyl sites for hydroxylation is 1. The van der Waals surface area contributed by atoms with Gasteiger partial charge in [0.05, 0.1) is 10.9 Å². The van der Waals surface area contributed by atoms with Gasteiger partial charge in [-0.3, -0.25) is 19.3 Å². The molecule has 0 unspecified atom stereocenters. The zero-order valence-corrected chi connectivity index (χ0v) is 18.8. The third kappa shape index (κ3) is 4.17. The summed E-state index contributed by atoms with van der Waals surface area (Å²) in [5, 5.41) is 5.98. The largest absolute Gasteiger partial charge is 0.454 e. The Morgan fingerprint density at radius 1 is 1.19 bits per heavy atom. The minimum atomic E-state index is -0.763. The van der Waals surface area contributed by atoms with E-state index in [0.717, 1.165) is 25.9 Å². The molecule has 9 heteroatoms. The predicted octanol–water partition coefficient (Wildman–Crippen LogP) is 1.47. The monoisotopic (exact) mass is 442 g/mol. The minimum absolute atomic E-state index is 0.00850. The van der Waals surface area contributed by atoms with E-state index in [-0.39, 0.29) is 18.3 Å². The van der Waals surface area contributed by atoms with Gasteiger partial charge in [0, 0.05) is 31.4 Å². The van der Waals surface area contributed by atoms with Gasteiger partial charge in [0.25, 0.3) is 5.91 Å². The number of aromatic nitrogens is 1. The second-order valence-corrected chi connectivity index (χ2v) is 8.25. The maximum absolute atomic E-state index is 13.1. The molecule has 0 aliphatic carbocycles. The van der Waals surface area contributed by atoms with Crippen LogP contribution in [0.25, 0.3) is 10.9 Å². The van der Waals surface area contributed by atoms with Crippen LogP contribution in [0, 0.1) is 0 Å². The summed E-state index contributed by atoms with van der Waals surface area (Å²) >= 11 is 0. The Hall–Kier alpha value is -3.07. The first kappa shape index (κ1) is 22.1. The smallest absolute Gasteiger partial charge is 0.257 e. The second kappa shape index (κ2) is 9.20. The Kier molecular flexibility index (Phi) is 6.36. The maximum atomic E-state index is 13.1. The Labute approximate surface area is 186 Å². The van der Waals surface area contributed by atoms with Crippen LogP contribution >= 0.6 is 0 Å². The number of carbonyl (C=O) groups excluding carboxylic acids is 2. The van der Waals surface area contributed by atoms with Crippen LogP contribution in [0.3, 0.4) is 0 Å². The molecule has 2 atom stereocenters. The number of likely N-dealkylation sites (N-methyl/N-ethyl adjacent to an activating group) is 1. The van der Waals surface area contributed by atoms with Gasteiger partial charge in [-0.05, 0) is 45.8 Å². The van der Waals surface area contributed by atoms with Gasteiger partial charge in [-0.15, -0.1) is 0 Å². The first-order valence-electron chi connectivity index (χ1n) is 11.2. The molecule has 4 rings (SSSR count). The number of pyridine rings is 1. The summed E-state index contributed by atoms with van der Waals surface area (Å²) in [5.41, 5.74) is 0.254. The minimum Gasteiger partial charge on any atom is -0.454 e. The van der Waals surface area contributed by atoms with Crippen molar-refractivity contribution in [2.75, 3.05) is 26.4 Å². The number of nitrogens with one attached hydrogen (secondary N) is 2. The van der Waals surface area contributed by atoms with E-state index in [1.54, 1.807) is 19.1 Å². The number of nitrogens with zero attached hydrogens (tertiary/aromatic N) is 2. The van der Waals surface area contributed by atoms with Crippen molar-refractivity contribution in [2.24, 2.45) is 0 Å². The van der Waals surface area contributed by atoms with E-state index >= 15 is 0 Å². The van der Waals surface area contributed by atoms with E-state index < -0.39 is 17.4 Å². The van der Waals surface area contributed by atoms with Crippen molar-refractivity contribution >= 4 is 22.7 Å². The maximum Gasteiger partial charge on any atom is 0.257 e. The summed E-state index contributed by atoms with van der Waals surface area (Å²) in [6.45, 7) is 8.88. The SMILES string of the molecule is CCN1CCC[C@H]1CNC(=O)[C@H](C)NC(=O)c1cn(CC)c2cc3c(cc2c1=O)OCO3. The molecule has 0 saturated carbocycles. The molecule has 0 bridgehead atoms. The predicted molar refractivity (Wildman–Crippen MR) is 120 cm³/mol. The zero-order chi connectivity index (χ0) is 22.8. The van der Waals surface area contributed by atoms with E-state index in [4.69, 9.17) is 9.47 Å². The average Bonchev–Trinajstić information content (AvgIpc) is 3.45. The van der Waals surface area contributed by atoms with Gasteiger partial charge in [-0.2, -0.15) is 0 Å². The molecule has 2 aliphatic rings. The van der Waals surface area contributed by atoms with E-state index in [9.17, 15) is 14.4 Å². The van der Waals surface area contributed by atoms with Crippen molar-refractivity contribution in [3.8, 4) is 11.5 Å². The number of fused-ring (bicyclic) bond motifs is 2. The third-order valence-corrected chi connectivity index (χ3v) is 6.32. The number of likely N-dealkylation sites (tertiary alicyclic amines) is 1. The Bertz CT molecular complexity index is 1100. The van der Waals surface area contributed by atoms with Gasteiger partial charge in [0.1, 0.15) is 11.6 Å². The number of rotatable bonds is 7. The van der Waals surface area contributed by atoms with Crippen LogP contribution in [0.15, 0.2) is 23.1 Å². The van der Waals surface area contributed by atoms with Crippen LogP contribution in [-0.2, 0) is 11.3 Å². The normalized spacial score (nSPS) is 18.7. The van der Waals surface area contributed by atoms with Crippen molar-refractivity contribution in [2.45, 2.75) is 52.2 Å². The molecule has 1 aromatic carbocycles. The molecule has 1 fully saturated rings. The summed E-state index contributed by atoms with van der Waals surface area (Å²) in [5.74, 6) is 0.220. The van der Waals surface area contributed by atoms with Crippen LogP contribution in [0.5, 0.6) is 11.5 Å². The molecule has 2 aromatic rings. The van der Waals surface area contributed by atoms with Crippen LogP contribution in [0.2, 0.25) is 0 Å². The first-order chi connectivity index (χ1) is 15.4. The summed E-state index contributed by atoms with van der Waals surface area (Å²) in [6, 6.07) is 2.93. The fourth-order valence-corrected chi connectivity index (χ4v) is 4.46. The van der Waals surface area contributed by atoms with E-state index in [1.807, 2.05) is 11.5 Å². The summed E-state index contributed by atoms with van der Waals surface area (Å²) in [4.78, 5) is 40.9. The Balaban J connectivity index is 1.49. The highest BCUT2D eigenvalue weighted by atomic mass is 16.7. The fourth-order valence-electron chi connectivity index (χ4n) is 4.46. The van der Waals surface area contributed by atoms with Crippen LogP contribution < -0.4 is 25.5 Å². The van der Waals surface area contributed by atoms with Crippen molar-refractivity contribution in [3.63, 3.8) is 0 Å². The van der Waals surface area contributed by atoms with E-state index in [0.29, 0.717) is 41.5 Å². The topological polar surface area (TPSA) is 102 Å². The number of ether oxygens (including phenoxy) is 2. The molecule has 2 aliphatic heterocycles. The van der Waals surface area contributed by atoms with Crippen molar-refractivity contribution in [3.05, 3.63) is 34.1 Å². The van der Waals surface area contributed by atoms with Gasteiger partial charge in [-0.1, -0.05) is 6.92 Å². The van der Waals surface area contributed by atoms with Crippen LogP contribution in [-0.4, -0.2) is 59.8 Å². The first-order valence-corrected chi connectivity index (χ1v) is 11.2. The summed E-state index contributed by atoms with van der Waals surface area (Å²) in [6.07, 6.45) is 3.72. The Morgan fingerprint density at radius 3 is 2.66 bits per heavy atom. The lowest BCUT2D eigenvalue weighted by molar-refractivity contribution is -0.122. The fraction of sp³-hybridized carbons (Fsp3) is 0.522. The number of benzene rings is 1. The summed E-state index contributed by atoms with van der Waals surface area (Å²) in [7, 11) is 0. The van der Waals surface area contributed by atoms with Crippen molar-refractivity contribution in [1.29, 1.82) is 0 Å². The number of amides is 2. The molecule has 3 heterocycles. The standard InChI is InChI=1S/C23H30N4O5/c1-4-26-8-6-7-15(26)11-24-22(29)14(3)25-23(30)17-12-27(5-2)18-10-20-19(31-13-32-20)9-16(18)21(17)28/h9-10,12,14-15H,4-8,11,13H2,1-3H3,(H,24,29)(H,25,30)/t14-,15-/m0/s1. The lowest BCUT2D eigenvalue weighted by Gasteiger charge is -2.24. The number of carbonyl (C=O) groups is 2. The van der Waals surface area contributed by atoms with Gasteiger partial charge in [0.2, 0.25) is 18.1 Å². The molecule has 2 amide bonds. The highest BCUT2D eigenvalue weighted by Gasteiger charge is 2.26. The molecule has 9 nitrogen and oxygen atoms in total. The van der Waals surface area contributed by atoms with Gasteiger partial charge in [0.15, 0.2) is 11.5 Å². The average molecular weight is 443 g/mol. The molecule has 172 valence electrons. The number of hydrogen-bond donors (Lipinski definition) is 2. The van der Waals surface area contributed by atoms with Gasteiger partial charge < -0.3 is 24.7 Å². The lowest BCUT2D eigenvalue weighted by atomic mass is 10.1. The lowest BCUT2D eigenvalue weighted by Crippen LogP contribution is -2.49.